The molecule has 2 aromatic rings. The number of nitrogens with one attached hydrogen (secondary N) is 1. The summed E-state index contributed by atoms with van der Waals surface area (Å²) >= 11 is 0. The molecule has 1 aliphatic rings. The predicted octanol–water partition coefficient (Wildman–Crippen LogP) is 4.13. The molecule has 0 aromatic heterocycles. The molecule has 0 radical (unpaired) electrons. The fraction of sp³-hybridized carbons (Fsp3) is 0.435. The molecule has 0 spiro atoms. The third-order valence-corrected chi connectivity index (χ3v) is 7.33. The average Bonchev–Trinajstić information content (AvgIpc) is 2.71. The van der Waals surface area contributed by atoms with Gasteiger partial charge in [0, 0.05) is 24.7 Å². The van der Waals surface area contributed by atoms with E-state index in [2.05, 4.69) is 5.32 Å². The molecule has 2 aromatic carbocycles. The molecule has 1 aliphatic heterocycles. The van der Waals surface area contributed by atoms with E-state index in [1.165, 1.54) is 4.31 Å². The van der Waals surface area contributed by atoms with Crippen LogP contribution in [0.1, 0.15) is 37.8 Å². The summed E-state index contributed by atoms with van der Waals surface area (Å²) in [5.41, 5.74) is 2.73. The van der Waals surface area contributed by atoms with Crippen molar-refractivity contribution in [3.8, 4) is 5.75 Å². The van der Waals surface area contributed by atoms with Crippen LogP contribution in [0.15, 0.2) is 47.4 Å². The van der Waals surface area contributed by atoms with E-state index >= 15 is 0 Å². The van der Waals surface area contributed by atoms with Gasteiger partial charge in [0.05, 0.1) is 11.0 Å². The van der Waals surface area contributed by atoms with E-state index in [1.807, 2.05) is 58.0 Å². The monoisotopic (exact) mass is 430 g/mol. The van der Waals surface area contributed by atoms with Crippen LogP contribution in [-0.2, 0) is 14.8 Å². The van der Waals surface area contributed by atoms with Crippen LogP contribution in [0.5, 0.6) is 5.75 Å². The molecule has 0 atom stereocenters. The number of hydrogen-bond donors (Lipinski definition) is 1. The minimum atomic E-state index is -3.54. The molecule has 1 heterocycles. The molecule has 1 fully saturated rings. The van der Waals surface area contributed by atoms with Gasteiger partial charge in [0.2, 0.25) is 15.9 Å². The number of amides is 1. The molecule has 0 aliphatic carbocycles. The number of benzene rings is 2. The molecule has 1 amide bonds. The normalized spacial score (nSPS) is 15.9. The summed E-state index contributed by atoms with van der Waals surface area (Å²) in [5, 5.41) is 2.93. The van der Waals surface area contributed by atoms with Gasteiger partial charge in [0.15, 0.2) is 0 Å². The van der Waals surface area contributed by atoms with Crippen molar-refractivity contribution in [2.24, 2.45) is 5.92 Å². The third kappa shape index (κ3) is 5.21. The summed E-state index contributed by atoms with van der Waals surface area (Å²) < 4.78 is 33.0. The Morgan fingerprint density at radius 2 is 1.67 bits per heavy atom. The number of rotatable bonds is 6. The van der Waals surface area contributed by atoms with E-state index in [4.69, 9.17) is 4.74 Å². The number of nitrogens with zero attached hydrogens (tertiary/aromatic N) is 1. The standard InChI is InChI=1S/C23H30N2O4S/c1-16(2)29-21-8-6-20(7-9-21)24-23(26)19-11-13-25(14-12-19)30(27,28)22-10-5-17(3)18(4)15-22/h5-10,15-16,19H,11-14H2,1-4H3,(H,24,26). The van der Waals surface area contributed by atoms with Gasteiger partial charge < -0.3 is 10.1 Å². The van der Waals surface area contributed by atoms with Crippen LogP contribution in [0.25, 0.3) is 0 Å². The van der Waals surface area contributed by atoms with Gasteiger partial charge in [-0.15, -0.1) is 0 Å². The second-order valence-electron chi connectivity index (χ2n) is 8.10. The predicted molar refractivity (Wildman–Crippen MR) is 118 cm³/mol. The lowest BCUT2D eigenvalue weighted by Crippen LogP contribution is -2.41. The van der Waals surface area contributed by atoms with Crippen LogP contribution in [0.3, 0.4) is 0 Å². The minimum Gasteiger partial charge on any atom is -0.491 e. The van der Waals surface area contributed by atoms with E-state index in [1.54, 1.807) is 12.1 Å². The van der Waals surface area contributed by atoms with Crippen molar-refractivity contribution < 1.29 is 17.9 Å². The van der Waals surface area contributed by atoms with Crippen LogP contribution in [0.2, 0.25) is 0 Å². The number of carbonyl (C=O) groups excluding carboxylic acids is 1. The quantitative estimate of drug-likeness (QED) is 0.748. The van der Waals surface area contributed by atoms with Crippen molar-refractivity contribution in [3.63, 3.8) is 0 Å². The second kappa shape index (κ2) is 9.18. The smallest absolute Gasteiger partial charge is 0.243 e. The molecule has 6 nitrogen and oxygen atoms in total. The Labute approximate surface area is 179 Å². The minimum absolute atomic E-state index is 0.0734. The zero-order valence-electron chi connectivity index (χ0n) is 18.0. The first kappa shape index (κ1) is 22.3. The fourth-order valence-electron chi connectivity index (χ4n) is 3.52. The lowest BCUT2D eigenvalue weighted by atomic mass is 9.97. The topological polar surface area (TPSA) is 75.7 Å². The maximum absolute atomic E-state index is 12.9. The molecule has 1 N–H and O–H groups in total. The maximum atomic E-state index is 12.9. The second-order valence-corrected chi connectivity index (χ2v) is 10.0. The molecule has 30 heavy (non-hydrogen) atoms. The van der Waals surface area contributed by atoms with Crippen molar-refractivity contribution in [2.45, 2.75) is 51.5 Å². The van der Waals surface area contributed by atoms with Crippen LogP contribution < -0.4 is 10.1 Å². The molecule has 3 rings (SSSR count). The van der Waals surface area contributed by atoms with Gasteiger partial charge in [-0.05, 0) is 88.1 Å². The number of piperidine rings is 1. The third-order valence-electron chi connectivity index (χ3n) is 5.43. The highest BCUT2D eigenvalue weighted by molar-refractivity contribution is 7.89. The number of hydrogen-bond acceptors (Lipinski definition) is 4. The molecular weight excluding hydrogens is 400 g/mol. The van der Waals surface area contributed by atoms with Crippen LogP contribution in [0.4, 0.5) is 5.69 Å². The number of aryl methyl sites for hydroxylation is 2. The first-order chi connectivity index (χ1) is 14.2. The summed E-state index contributed by atoms with van der Waals surface area (Å²) in [6.45, 7) is 8.47. The first-order valence-corrected chi connectivity index (χ1v) is 11.8. The Morgan fingerprint density at radius 3 is 2.23 bits per heavy atom. The van der Waals surface area contributed by atoms with Crippen molar-refractivity contribution in [1.82, 2.24) is 4.31 Å². The summed E-state index contributed by atoms with van der Waals surface area (Å²) in [5.74, 6) is 0.478. The number of anilines is 1. The van der Waals surface area contributed by atoms with Crippen LogP contribution in [0, 0.1) is 19.8 Å². The van der Waals surface area contributed by atoms with Gasteiger partial charge >= 0.3 is 0 Å². The highest BCUT2D eigenvalue weighted by atomic mass is 32.2. The van der Waals surface area contributed by atoms with E-state index in [0.29, 0.717) is 36.5 Å². The summed E-state index contributed by atoms with van der Waals surface area (Å²) in [7, 11) is -3.54. The Bertz CT molecular complexity index is 992. The Hall–Kier alpha value is -2.38. The molecule has 0 bridgehead atoms. The maximum Gasteiger partial charge on any atom is 0.243 e. The van der Waals surface area contributed by atoms with Gasteiger partial charge in [-0.2, -0.15) is 4.31 Å². The van der Waals surface area contributed by atoms with E-state index < -0.39 is 10.0 Å². The van der Waals surface area contributed by atoms with Crippen molar-refractivity contribution in [1.29, 1.82) is 0 Å². The van der Waals surface area contributed by atoms with Gasteiger partial charge in [0.1, 0.15) is 5.75 Å². The number of sulfonamides is 1. The number of ether oxygens (including phenoxy) is 1. The zero-order chi connectivity index (χ0) is 21.9. The molecule has 7 heteroatoms. The number of carbonyl (C=O) groups is 1. The van der Waals surface area contributed by atoms with Gasteiger partial charge in [-0.3, -0.25) is 4.79 Å². The van der Waals surface area contributed by atoms with Crippen molar-refractivity contribution in [3.05, 3.63) is 53.6 Å². The molecule has 1 saturated heterocycles. The molecule has 0 unspecified atom stereocenters. The van der Waals surface area contributed by atoms with Crippen LogP contribution >= 0.6 is 0 Å². The largest absolute Gasteiger partial charge is 0.491 e. The Balaban J connectivity index is 1.58. The summed E-state index contributed by atoms with van der Waals surface area (Å²) in [6, 6.07) is 12.5. The average molecular weight is 431 g/mol. The summed E-state index contributed by atoms with van der Waals surface area (Å²) in [4.78, 5) is 12.9. The van der Waals surface area contributed by atoms with Gasteiger partial charge in [-0.25, -0.2) is 8.42 Å². The zero-order valence-corrected chi connectivity index (χ0v) is 18.8. The highest BCUT2D eigenvalue weighted by Gasteiger charge is 2.32. The molecule has 0 saturated carbocycles. The van der Waals surface area contributed by atoms with Gasteiger partial charge in [-0.1, -0.05) is 6.07 Å². The van der Waals surface area contributed by atoms with E-state index in [0.717, 1.165) is 16.9 Å². The van der Waals surface area contributed by atoms with Crippen LogP contribution in [-0.4, -0.2) is 37.8 Å². The Kier molecular flexibility index (Phi) is 6.83. The fourth-order valence-corrected chi connectivity index (χ4v) is 5.07. The highest BCUT2D eigenvalue weighted by Crippen LogP contribution is 2.26. The summed E-state index contributed by atoms with van der Waals surface area (Å²) in [6.07, 6.45) is 1.10. The van der Waals surface area contributed by atoms with E-state index in [9.17, 15) is 13.2 Å². The lowest BCUT2D eigenvalue weighted by molar-refractivity contribution is -0.120. The first-order valence-electron chi connectivity index (χ1n) is 10.3. The Morgan fingerprint density at radius 1 is 1.03 bits per heavy atom. The molecular formula is C23H30N2O4S. The van der Waals surface area contributed by atoms with Crippen molar-refractivity contribution in [2.75, 3.05) is 18.4 Å². The van der Waals surface area contributed by atoms with Gasteiger partial charge in [0.25, 0.3) is 0 Å². The SMILES string of the molecule is Cc1ccc(S(=O)(=O)N2CCC(C(=O)Nc3ccc(OC(C)C)cc3)CC2)cc1C. The molecule has 162 valence electrons. The van der Waals surface area contributed by atoms with Crippen molar-refractivity contribution >= 4 is 21.6 Å². The lowest BCUT2D eigenvalue weighted by Gasteiger charge is -2.30. The van der Waals surface area contributed by atoms with E-state index in [-0.39, 0.29) is 17.9 Å².